The fourth-order valence-corrected chi connectivity index (χ4v) is 1.66. The molecule has 1 heterocycles. The van der Waals surface area contributed by atoms with Crippen molar-refractivity contribution in [3.8, 4) is 0 Å². The first-order valence-corrected chi connectivity index (χ1v) is 5.00. The molecule has 0 amide bonds. The van der Waals surface area contributed by atoms with Crippen LogP contribution in [0.2, 0.25) is 0 Å². The lowest BCUT2D eigenvalue weighted by Gasteiger charge is -2.33. The summed E-state index contributed by atoms with van der Waals surface area (Å²) in [7, 11) is 0. The minimum atomic E-state index is 0.268. The van der Waals surface area contributed by atoms with Crippen LogP contribution in [-0.4, -0.2) is 30.6 Å². The van der Waals surface area contributed by atoms with Crippen molar-refractivity contribution in [2.45, 2.75) is 39.7 Å². The molecule has 1 rings (SSSR count). The summed E-state index contributed by atoms with van der Waals surface area (Å²) in [4.78, 5) is 2.53. The Hall–Kier alpha value is -0.0800. The predicted octanol–water partition coefficient (Wildman–Crippen LogP) is 1.46. The number of hydrogen-bond acceptors (Lipinski definition) is 2. The molecule has 2 N–H and O–H groups in total. The van der Waals surface area contributed by atoms with Gasteiger partial charge in [-0.3, -0.25) is 0 Å². The van der Waals surface area contributed by atoms with Gasteiger partial charge in [-0.05, 0) is 38.3 Å². The van der Waals surface area contributed by atoms with Crippen LogP contribution in [-0.2, 0) is 0 Å². The van der Waals surface area contributed by atoms with Crippen LogP contribution in [0.5, 0.6) is 0 Å². The fourth-order valence-electron chi connectivity index (χ4n) is 1.66. The van der Waals surface area contributed by atoms with Crippen LogP contribution in [0.25, 0.3) is 0 Å². The number of hydrogen-bond donors (Lipinski definition) is 1. The molecule has 2 heteroatoms. The first-order valence-electron chi connectivity index (χ1n) is 5.00. The molecule has 0 aromatic rings. The molecule has 0 aliphatic carbocycles. The monoisotopic (exact) mass is 170 g/mol. The van der Waals surface area contributed by atoms with E-state index in [9.17, 15) is 0 Å². The summed E-state index contributed by atoms with van der Waals surface area (Å²) in [6, 6.07) is 0.290. The summed E-state index contributed by atoms with van der Waals surface area (Å²) in [6.07, 6.45) is 2.74. The summed E-state index contributed by atoms with van der Waals surface area (Å²) in [5, 5.41) is 0. The van der Waals surface area contributed by atoms with E-state index in [1.54, 1.807) is 0 Å². The highest BCUT2D eigenvalue weighted by atomic mass is 15.1. The average molecular weight is 170 g/mol. The molecule has 0 aromatic carbocycles. The maximum Gasteiger partial charge on any atom is 0.00739 e. The quantitative estimate of drug-likeness (QED) is 0.694. The zero-order valence-corrected chi connectivity index (χ0v) is 8.64. The molecular weight excluding hydrogens is 148 g/mol. The van der Waals surface area contributed by atoms with Gasteiger partial charge in [-0.25, -0.2) is 0 Å². The maximum absolute atomic E-state index is 5.92. The Labute approximate surface area is 76.1 Å². The normalized spacial score (nSPS) is 23.0. The van der Waals surface area contributed by atoms with E-state index in [0.717, 1.165) is 6.54 Å². The Kier molecular flexibility index (Phi) is 3.13. The lowest BCUT2D eigenvalue weighted by atomic mass is 9.85. The molecule has 72 valence electrons. The van der Waals surface area contributed by atoms with Crippen LogP contribution in [0.1, 0.15) is 33.6 Å². The molecule has 2 nitrogen and oxygen atoms in total. The van der Waals surface area contributed by atoms with Crippen molar-refractivity contribution in [2.75, 3.05) is 19.6 Å². The second-order valence-electron chi connectivity index (χ2n) is 4.76. The van der Waals surface area contributed by atoms with Gasteiger partial charge in [0, 0.05) is 12.6 Å². The minimum Gasteiger partial charge on any atom is -0.327 e. The molecule has 1 saturated heterocycles. The Morgan fingerprint density at radius 3 is 2.25 bits per heavy atom. The largest absolute Gasteiger partial charge is 0.327 e. The SMILES string of the molecule is CC(N)C(C)(C)CN1CCCC1. The third-order valence-corrected chi connectivity index (χ3v) is 3.06. The first kappa shape index (κ1) is 10.0. The van der Waals surface area contributed by atoms with E-state index < -0.39 is 0 Å². The molecule has 0 bridgehead atoms. The zero-order valence-electron chi connectivity index (χ0n) is 8.64. The van der Waals surface area contributed by atoms with Gasteiger partial charge in [0.1, 0.15) is 0 Å². The van der Waals surface area contributed by atoms with Crippen LogP contribution in [0.15, 0.2) is 0 Å². The van der Waals surface area contributed by atoms with Crippen molar-refractivity contribution < 1.29 is 0 Å². The molecule has 12 heavy (non-hydrogen) atoms. The van der Waals surface area contributed by atoms with Gasteiger partial charge in [0.25, 0.3) is 0 Å². The lowest BCUT2D eigenvalue weighted by Crippen LogP contribution is -2.43. The maximum atomic E-state index is 5.92. The topological polar surface area (TPSA) is 29.3 Å². The van der Waals surface area contributed by atoms with Gasteiger partial charge in [0.15, 0.2) is 0 Å². The lowest BCUT2D eigenvalue weighted by molar-refractivity contribution is 0.183. The summed E-state index contributed by atoms with van der Waals surface area (Å²) in [6.45, 7) is 10.3. The second kappa shape index (κ2) is 3.75. The number of likely N-dealkylation sites (tertiary alicyclic amines) is 1. The summed E-state index contributed by atoms with van der Waals surface area (Å²) < 4.78 is 0. The molecule has 0 spiro atoms. The highest BCUT2D eigenvalue weighted by molar-refractivity contribution is 4.82. The van der Waals surface area contributed by atoms with Gasteiger partial charge in [0.05, 0.1) is 0 Å². The van der Waals surface area contributed by atoms with Gasteiger partial charge < -0.3 is 10.6 Å². The Balaban J connectivity index is 2.37. The molecular formula is C10H22N2. The van der Waals surface area contributed by atoms with E-state index in [2.05, 4.69) is 25.7 Å². The van der Waals surface area contributed by atoms with Crippen LogP contribution in [0.4, 0.5) is 0 Å². The highest BCUT2D eigenvalue weighted by Crippen LogP contribution is 2.22. The van der Waals surface area contributed by atoms with Crippen molar-refractivity contribution in [3.05, 3.63) is 0 Å². The molecule has 1 unspecified atom stereocenters. The smallest absolute Gasteiger partial charge is 0.00739 e. The van der Waals surface area contributed by atoms with E-state index in [1.165, 1.54) is 25.9 Å². The van der Waals surface area contributed by atoms with Crippen LogP contribution >= 0.6 is 0 Å². The molecule has 0 saturated carbocycles. The number of nitrogens with zero attached hydrogens (tertiary/aromatic N) is 1. The van der Waals surface area contributed by atoms with E-state index in [-0.39, 0.29) is 11.5 Å². The van der Waals surface area contributed by atoms with Gasteiger partial charge >= 0.3 is 0 Å². The molecule has 1 fully saturated rings. The average Bonchev–Trinajstić information content (AvgIpc) is 2.38. The Morgan fingerprint density at radius 2 is 1.83 bits per heavy atom. The van der Waals surface area contributed by atoms with Gasteiger partial charge in [-0.1, -0.05) is 13.8 Å². The van der Waals surface area contributed by atoms with E-state index in [4.69, 9.17) is 5.73 Å². The minimum absolute atomic E-state index is 0.268. The van der Waals surface area contributed by atoms with E-state index in [1.807, 2.05) is 0 Å². The molecule has 0 aromatic heterocycles. The van der Waals surface area contributed by atoms with E-state index >= 15 is 0 Å². The molecule has 1 aliphatic rings. The van der Waals surface area contributed by atoms with Crippen molar-refractivity contribution >= 4 is 0 Å². The molecule has 1 aliphatic heterocycles. The third kappa shape index (κ3) is 2.46. The van der Waals surface area contributed by atoms with Crippen LogP contribution in [0.3, 0.4) is 0 Å². The fraction of sp³-hybridized carbons (Fsp3) is 1.00. The number of nitrogens with two attached hydrogens (primary N) is 1. The molecule has 0 radical (unpaired) electrons. The summed E-state index contributed by atoms with van der Waals surface area (Å²) in [5.74, 6) is 0. The number of rotatable bonds is 3. The van der Waals surface area contributed by atoms with Crippen molar-refractivity contribution in [1.29, 1.82) is 0 Å². The van der Waals surface area contributed by atoms with Crippen LogP contribution in [0, 0.1) is 5.41 Å². The first-order chi connectivity index (χ1) is 5.52. The highest BCUT2D eigenvalue weighted by Gasteiger charge is 2.26. The second-order valence-corrected chi connectivity index (χ2v) is 4.76. The van der Waals surface area contributed by atoms with Gasteiger partial charge in [0.2, 0.25) is 0 Å². The van der Waals surface area contributed by atoms with E-state index in [0.29, 0.717) is 0 Å². The van der Waals surface area contributed by atoms with Crippen LogP contribution < -0.4 is 5.73 Å². The van der Waals surface area contributed by atoms with Gasteiger partial charge in [-0.2, -0.15) is 0 Å². The predicted molar refractivity (Wildman–Crippen MR) is 53.1 cm³/mol. The van der Waals surface area contributed by atoms with Crippen molar-refractivity contribution in [3.63, 3.8) is 0 Å². The Morgan fingerprint density at radius 1 is 1.33 bits per heavy atom. The Bertz CT molecular complexity index is 135. The molecule has 1 atom stereocenters. The van der Waals surface area contributed by atoms with Crippen molar-refractivity contribution in [1.82, 2.24) is 4.90 Å². The van der Waals surface area contributed by atoms with Gasteiger partial charge in [-0.15, -0.1) is 0 Å². The van der Waals surface area contributed by atoms with Crippen molar-refractivity contribution in [2.24, 2.45) is 11.1 Å². The third-order valence-electron chi connectivity index (χ3n) is 3.06. The standard InChI is InChI=1S/C10H22N2/c1-9(11)10(2,3)8-12-6-4-5-7-12/h9H,4-8,11H2,1-3H3. The summed E-state index contributed by atoms with van der Waals surface area (Å²) in [5.41, 5.74) is 6.19. The zero-order chi connectivity index (χ0) is 9.19. The summed E-state index contributed by atoms with van der Waals surface area (Å²) >= 11 is 0.